The molecule has 0 bridgehead atoms. The molecule has 166 valence electrons. The molecule has 0 saturated carbocycles. The zero-order chi connectivity index (χ0) is 22.9. The third kappa shape index (κ3) is 5.40. The fraction of sp³-hybridized carbons (Fsp3) is 0.263. The quantitative estimate of drug-likeness (QED) is 0.340. The highest BCUT2D eigenvalue weighted by atomic mass is 35.5. The third-order valence-electron chi connectivity index (χ3n) is 4.43. The highest BCUT2D eigenvalue weighted by Gasteiger charge is 2.40. The van der Waals surface area contributed by atoms with Gasteiger partial charge in [0, 0.05) is 0 Å². The topological polar surface area (TPSA) is 49.2 Å². The number of benzene rings is 2. The van der Waals surface area contributed by atoms with Gasteiger partial charge in [0.05, 0.1) is 6.04 Å². The van der Waals surface area contributed by atoms with Gasteiger partial charge < -0.3 is 9.47 Å². The van der Waals surface area contributed by atoms with E-state index in [1.807, 2.05) is 0 Å². The zero-order valence-electron chi connectivity index (χ0n) is 15.7. The Morgan fingerprint density at radius 2 is 1.23 bits per heavy atom. The van der Waals surface area contributed by atoms with Crippen LogP contribution < -0.4 is 9.47 Å². The van der Waals surface area contributed by atoms with Crippen LogP contribution in [0.3, 0.4) is 0 Å². The molecule has 0 saturated heterocycles. The molecule has 1 atom stereocenters. The van der Waals surface area contributed by atoms with Crippen LogP contribution in [0, 0.1) is 0 Å². The lowest BCUT2D eigenvalue weighted by Gasteiger charge is -2.34. The Morgan fingerprint density at radius 3 is 1.55 bits per heavy atom. The van der Waals surface area contributed by atoms with Gasteiger partial charge in [0.1, 0.15) is 29.0 Å². The second-order valence-corrected chi connectivity index (χ2v) is 7.00. The number of alkyl halides is 7. The van der Waals surface area contributed by atoms with Crippen LogP contribution in [-0.2, 0) is 4.87 Å². The second-order valence-electron chi connectivity index (χ2n) is 6.41. The summed E-state index contributed by atoms with van der Waals surface area (Å²) in [4.78, 5) is 2.43. The monoisotopic (exact) mass is 465 g/mol. The molecule has 1 unspecified atom stereocenters. The van der Waals surface area contributed by atoms with E-state index in [1.54, 1.807) is 6.92 Å². The van der Waals surface area contributed by atoms with E-state index < -0.39 is 35.1 Å². The van der Waals surface area contributed by atoms with E-state index >= 15 is 0 Å². The number of rotatable bonds is 6. The number of nitrogens with zero attached hydrogens (tertiary/aromatic N) is 3. The minimum absolute atomic E-state index is 0.358. The summed E-state index contributed by atoms with van der Waals surface area (Å²) in [7, 11) is 0. The smallest absolute Gasteiger partial charge is 0.406 e. The minimum atomic E-state index is -4.86. The standard InChI is InChI=1S/C19H14ClF6N3O2/c1-12(29-11-27-10-28-29)17(20,13-2-6-15(7-3-13)30-18(21,22)23)14-4-8-16(9-5-14)31-19(24,25)26/h2-12H,1H3. The number of aromatic nitrogens is 3. The van der Waals surface area contributed by atoms with Crippen LogP contribution in [0.15, 0.2) is 61.2 Å². The van der Waals surface area contributed by atoms with Gasteiger partial charge in [-0.2, -0.15) is 5.10 Å². The lowest BCUT2D eigenvalue weighted by Crippen LogP contribution is -2.32. The number of hydrogen-bond acceptors (Lipinski definition) is 4. The Kier molecular flexibility index (Phi) is 6.08. The fourth-order valence-electron chi connectivity index (χ4n) is 3.05. The Labute approximate surface area is 177 Å². The van der Waals surface area contributed by atoms with Gasteiger partial charge in [-0.25, -0.2) is 9.67 Å². The average molecular weight is 466 g/mol. The molecule has 0 aliphatic carbocycles. The summed E-state index contributed by atoms with van der Waals surface area (Å²) in [6.07, 6.45) is -7.05. The van der Waals surface area contributed by atoms with Crippen molar-refractivity contribution in [2.45, 2.75) is 30.6 Å². The summed E-state index contributed by atoms with van der Waals surface area (Å²) < 4.78 is 83.9. The predicted octanol–water partition coefficient (Wildman–Crippen LogP) is 5.82. The highest BCUT2D eigenvalue weighted by Crippen LogP contribution is 2.46. The molecule has 0 fully saturated rings. The van der Waals surface area contributed by atoms with Crippen LogP contribution in [0.25, 0.3) is 0 Å². The van der Waals surface area contributed by atoms with E-state index in [-0.39, 0.29) is 0 Å². The van der Waals surface area contributed by atoms with Gasteiger partial charge in [-0.05, 0) is 42.3 Å². The van der Waals surface area contributed by atoms with Gasteiger partial charge in [-0.1, -0.05) is 24.3 Å². The SMILES string of the molecule is CC(n1cncn1)C(Cl)(c1ccc(OC(F)(F)F)cc1)c1ccc(OC(F)(F)F)cc1. The van der Waals surface area contributed by atoms with Crippen LogP contribution >= 0.6 is 11.6 Å². The van der Waals surface area contributed by atoms with Crippen molar-refractivity contribution in [3.8, 4) is 11.5 Å². The van der Waals surface area contributed by atoms with Crippen molar-refractivity contribution < 1.29 is 35.8 Å². The first-order chi connectivity index (χ1) is 14.4. The maximum Gasteiger partial charge on any atom is 0.573 e. The number of hydrogen-bond donors (Lipinski definition) is 0. The number of ether oxygens (including phenoxy) is 2. The van der Waals surface area contributed by atoms with E-state index in [4.69, 9.17) is 11.6 Å². The van der Waals surface area contributed by atoms with Crippen molar-refractivity contribution in [1.29, 1.82) is 0 Å². The van der Waals surface area contributed by atoms with Crippen molar-refractivity contribution in [2.24, 2.45) is 0 Å². The van der Waals surface area contributed by atoms with Crippen LogP contribution in [0.5, 0.6) is 11.5 Å². The molecule has 0 radical (unpaired) electrons. The van der Waals surface area contributed by atoms with E-state index in [9.17, 15) is 26.3 Å². The van der Waals surface area contributed by atoms with Crippen molar-refractivity contribution in [2.75, 3.05) is 0 Å². The maximum atomic E-state index is 12.5. The van der Waals surface area contributed by atoms with Gasteiger partial charge in [-0.3, -0.25) is 0 Å². The van der Waals surface area contributed by atoms with Crippen LogP contribution in [-0.4, -0.2) is 27.5 Å². The molecule has 0 spiro atoms. The molecule has 12 heteroatoms. The van der Waals surface area contributed by atoms with Gasteiger partial charge in [0.25, 0.3) is 0 Å². The van der Waals surface area contributed by atoms with E-state index in [0.717, 1.165) is 24.3 Å². The maximum absolute atomic E-state index is 12.5. The first-order valence-corrected chi connectivity index (χ1v) is 9.02. The molecule has 0 aliphatic rings. The second kappa shape index (κ2) is 8.29. The summed E-state index contributed by atoms with van der Waals surface area (Å²) in [6.45, 7) is 1.68. The van der Waals surface area contributed by atoms with Crippen molar-refractivity contribution >= 4 is 11.6 Å². The molecular formula is C19H14ClF6N3O2. The Hall–Kier alpha value is -2.95. The van der Waals surface area contributed by atoms with Crippen LogP contribution in [0.1, 0.15) is 24.1 Å². The Bertz CT molecular complexity index is 930. The predicted molar refractivity (Wildman–Crippen MR) is 97.6 cm³/mol. The molecule has 3 rings (SSSR count). The van der Waals surface area contributed by atoms with Crippen molar-refractivity contribution in [3.63, 3.8) is 0 Å². The summed E-state index contributed by atoms with van der Waals surface area (Å²) in [5.74, 6) is -0.893. The fourth-order valence-corrected chi connectivity index (χ4v) is 3.40. The molecule has 2 aromatic carbocycles. The molecule has 1 heterocycles. The van der Waals surface area contributed by atoms with E-state index in [1.165, 1.54) is 41.6 Å². The third-order valence-corrected chi connectivity index (χ3v) is 5.18. The first kappa shape index (κ1) is 22.7. The Balaban J connectivity index is 2.02. The lowest BCUT2D eigenvalue weighted by atomic mass is 9.84. The lowest BCUT2D eigenvalue weighted by molar-refractivity contribution is -0.275. The molecule has 31 heavy (non-hydrogen) atoms. The molecule has 0 amide bonds. The van der Waals surface area contributed by atoms with Crippen LogP contribution in [0.4, 0.5) is 26.3 Å². The summed E-state index contributed by atoms with van der Waals surface area (Å²) >= 11 is 6.99. The largest absolute Gasteiger partial charge is 0.573 e. The van der Waals surface area contributed by atoms with Crippen molar-refractivity contribution in [3.05, 3.63) is 72.3 Å². The molecule has 0 N–H and O–H groups in total. The van der Waals surface area contributed by atoms with E-state index in [2.05, 4.69) is 19.6 Å². The van der Waals surface area contributed by atoms with E-state index in [0.29, 0.717) is 11.1 Å². The molecule has 3 aromatic rings. The average Bonchev–Trinajstić information content (AvgIpc) is 3.20. The number of halogens is 7. The molecule has 5 nitrogen and oxygen atoms in total. The summed E-state index contributed by atoms with van der Waals surface area (Å²) in [6, 6.07) is 9.07. The zero-order valence-corrected chi connectivity index (χ0v) is 16.4. The summed E-state index contributed by atoms with van der Waals surface area (Å²) in [5.41, 5.74) is 0.715. The first-order valence-electron chi connectivity index (χ1n) is 8.64. The van der Waals surface area contributed by atoms with Gasteiger partial charge in [-0.15, -0.1) is 37.9 Å². The Morgan fingerprint density at radius 1 is 0.806 bits per heavy atom. The van der Waals surface area contributed by atoms with Crippen LogP contribution in [0.2, 0.25) is 0 Å². The molecular weight excluding hydrogens is 452 g/mol. The minimum Gasteiger partial charge on any atom is -0.406 e. The highest BCUT2D eigenvalue weighted by molar-refractivity contribution is 6.26. The van der Waals surface area contributed by atoms with Gasteiger partial charge >= 0.3 is 12.7 Å². The normalized spacial score (nSPS) is 13.7. The molecule has 0 aliphatic heterocycles. The van der Waals surface area contributed by atoms with Gasteiger partial charge in [0.15, 0.2) is 0 Å². The molecule has 1 aromatic heterocycles. The summed E-state index contributed by atoms with van der Waals surface area (Å²) in [5, 5.41) is 4.04. The van der Waals surface area contributed by atoms with Crippen molar-refractivity contribution in [1.82, 2.24) is 14.8 Å². The van der Waals surface area contributed by atoms with Gasteiger partial charge in [0.2, 0.25) is 0 Å².